The van der Waals surface area contributed by atoms with Crippen molar-refractivity contribution in [2.45, 2.75) is 19.1 Å². The Morgan fingerprint density at radius 2 is 2.17 bits per heavy atom. The Bertz CT molecular complexity index is 850. The Morgan fingerprint density at radius 1 is 1.30 bits per heavy atom. The summed E-state index contributed by atoms with van der Waals surface area (Å²) < 4.78 is 37.7. The molecule has 0 saturated heterocycles. The Morgan fingerprint density at radius 3 is 3.04 bits per heavy atom. The summed E-state index contributed by atoms with van der Waals surface area (Å²) in [6.45, 7) is -2.41. The first kappa shape index (κ1) is 14.1. The van der Waals surface area contributed by atoms with Crippen LogP contribution in [0.5, 0.6) is 5.75 Å². The van der Waals surface area contributed by atoms with Crippen LogP contribution in [0.1, 0.15) is 23.1 Å². The van der Waals surface area contributed by atoms with Gasteiger partial charge in [-0.05, 0) is 6.07 Å². The van der Waals surface area contributed by atoms with E-state index in [2.05, 4.69) is 14.7 Å². The van der Waals surface area contributed by atoms with Crippen LogP contribution >= 0.6 is 0 Å². The van der Waals surface area contributed by atoms with Crippen molar-refractivity contribution in [3.05, 3.63) is 59.8 Å². The third-order valence-electron chi connectivity index (χ3n) is 3.83. The van der Waals surface area contributed by atoms with Crippen molar-refractivity contribution >= 4 is 5.65 Å². The molecule has 1 unspecified atom stereocenters. The van der Waals surface area contributed by atoms with Crippen LogP contribution in [0.2, 0.25) is 0 Å². The predicted octanol–water partition coefficient (Wildman–Crippen LogP) is 2.99. The van der Waals surface area contributed by atoms with Crippen molar-refractivity contribution in [1.82, 2.24) is 14.4 Å². The summed E-state index contributed by atoms with van der Waals surface area (Å²) in [5.74, 6) is 0.115. The van der Waals surface area contributed by atoms with Gasteiger partial charge in [0, 0.05) is 24.4 Å². The maximum absolute atomic E-state index is 12.7. The van der Waals surface area contributed by atoms with E-state index in [-0.39, 0.29) is 5.75 Å². The number of halogens is 2. The number of aromatic nitrogens is 3. The maximum atomic E-state index is 12.7. The van der Waals surface area contributed by atoms with Crippen molar-refractivity contribution in [1.29, 1.82) is 0 Å². The summed E-state index contributed by atoms with van der Waals surface area (Å²) in [5, 5.41) is 0. The number of nitrogens with zero attached hydrogens (tertiary/aromatic N) is 3. The van der Waals surface area contributed by atoms with Gasteiger partial charge < -0.3 is 9.47 Å². The SMILES string of the molecule is FC(F)Oc1ccccc1C1OCCc2nc3cnccn3c21. The smallest absolute Gasteiger partial charge is 0.387 e. The van der Waals surface area contributed by atoms with Gasteiger partial charge in [-0.2, -0.15) is 8.78 Å². The minimum atomic E-state index is -2.88. The molecular weight excluding hydrogens is 304 g/mol. The van der Waals surface area contributed by atoms with Crippen molar-refractivity contribution in [2.75, 3.05) is 6.61 Å². The number of imidazole rings is 1. The average Bonchev–Trinajstić information content (AvgIpc) is 2.93. The lowest BCUT2D eigenvalue weighted by molar-refractivity contribution is -0.0522. The number of hydrogen-bond donors (Lipinski definition) is 0. The van der Waals surface area contributed by atoms with E-state index in [0.29, 0.717) is 24.2 Å². The molecule has 118 valence electrons. The molecule has 0 radical (unpaired) electrons. The highest BCUT2D eigenvalue weighted by Crippen LogP contribution is 2.37. The monoisotopic (exact) mass is 317 g/mol. The fourth-order valence-electron chi connectivity index (χ4n) is 2.93. The summed E-state index contributed by atoms with van der Waals surface area (Å²) in [6.07, 6.45) is 5.27. The number of rotatable bonds is 3. The molecule has 0 bridgehead atoms. The molecule has 0 N–H and O–H groups in total. The molecule has 0 aliphatic carbocycles. The Hall–Kier alpha value is -2.54. The number of hydrogen-bond acceptors (Lipinski definition) is 4. The molecule has 0 fully saturated rings. The predicted molar refractivity (Wildman–Crippen MR) is 77.6 cm³/mol. The van der Waals surface area contributed by atoms with Gasteiger partial charge >= 0.3 is 6.61 Å². The Balaban J connectivity index is 1.87. The zero-order chi connectivity index (χ0) is 15.8. The zero-order valence-electron chi connectivity index (χ0n) is 12.0. The molecule has 3 heterocycles. The second-order valence-corrected chi connectivity index (χ2v) is 5.17. The standard InChI is InChI=1S/C16H13F2N3O2/c17-16(18)23-12-4-2-1-3-10(12)15-14-11(5-8-22-15)20-13-9-19-6-7-21(13)14/h1-4,6-7,9,15-16H,5,8H2. The lowest BCUT2D eigenvalue weighted by Crippen LogP contribution is -2.19. The molecule has 0 amide bonds. The summed E-state index contributed by atoms with van der Waals surface area (Å²) in [5.41, 5.74) is 2.99. The van der Waals surface area contributed by atoms with Crippen LogP contribution < -0.4 is 4.74 Å². The topological polar surface area (TPSA) is 48.7 Å². The fourth-order valence-corrected chi connectivity index (χ4v) is 2.93. The highest BCUT2D eigenvalue weighted by molar-refractivity contribution is 5.47. The number of para-hydroxylation sites is 1. The van der Waals surface area contributed by atoms with Gasteiger partial charge in [0.25, 0.3) is 0 Å². The first-order chi connectivity index (χ1) is 11.2. The second-order valence-electron chi connectivity index (χ2n) is 5.17. The number of ether oxygens (including phenoxy) is 2. The van der Waals surface area contributed by atoms with Crippen LogP contribution in [0.15, 0.2) is 42.9 Å². The molecule has 0 spiro atoms. The molecule has 7 heteroatoms. The van der Waals surface area contributed by atoms with Crippen LogP contribution in [0, 0.1) is 0 Å². The normalized spacial score (nSPS) is 17.4. The molecule has 1 aliphatic rings. The van der Waals surface area contributed by atoms with E-state index in [1.54, 1.807) is 36.8 Å². The largest absolute Gasteiger partial charge is 0.434 e. The van der Waals surface area contributed by atoms with E-state index in [0.717, 1.165) is 11.4 Å². The first-order valence-electron chi connectivity index (χ1n) is 7.20. The van der Waals surface area contributed by atoms with Gasteiger partial charge in [-0.25, -0.2) is 4.98 Å². The van der Waals surface area contributed by atoms with Crippen LogP contribution in [0.25, 0.3) is 5.65 Å². The van der Waals surface area contributed by atoms with Gasteiger partial charge in [-0.3, -0.25) is 9.38 Å². The number of fused-ring (bicyclic) bond motifs is 3. The van der Waals surface area contributed by atoms with Gasteiger partial charge in [0.2, 0.25) is 0 Å². The van der Waals surface area contributed by atoms with Crippen LogP contribution in [-0.2, 0) is 11.2 Å². The van der Waals surface area contributed by atoms with Gasteiger partial charge in [-0.15, -0.1) is 0 Å². The van der Waals surface area contributed by atoms with Gasteiger partial charge in [0.05, 0.1) is 24.2 Å². The van der Waals surface area contributed by atoms with Crippen molar-refractivity contribution in [2.24, 2.45) is 0 Å². The lowest BCUT2D eigenvalue weighted by atomic mass is 10.0. The number of benzene rings is 1. The molecule has 1 aliphatic heterocycles. The zero-order valence-corrected chi connectivity index (χ0v) is 12.0. The van der Waals surface area contributed by atoms with Gasteiger partial charge in [0.1, 0.15) is 11.9 Å². The van der Waals surface area contributed by atoms with E-state index < -0.39 is 12.7 Å². The van der Waals surface area contributed by atoms with Gasteiger partial charge in [-0.1, -0.05) is 18.2 Å². The minimum Gasteiger partial charge on any atom is -0.434 e. The molecule has 4 rings (SSSR count). The molecule has 2 aromatic heterocycles. The van der Waals surface area contributed by atoms with Crippen LogP contribution in [0.3, 0.4) is 0 Å². The van der Waals surface area contributed by atoms with E-state index >= 15 is 0 Å². The maximum Gasteiger partial charge on any atom is 0.387 e. The first-order valence-corrected chi connectivity index (χ1v) is 7.20. The molecule has 1 aromatic carbocycles. The third-order valence-corrected chi connectivity index (χ3v) is 3.83. The van der Waals surface area contributed by atoms with Crippen molar-refractivity contribution < 1.29 is 18.3 Å². The minimum absolute atomic E-state index is 0.115. The highest BCUT2D eigenvalue weighted by atomic mass is 19.3. The van der Waals surface area contributed by atoms with Crippen molar-refractivity contribution in [3.8, 4) is 5.75 Å². The quantitative estimate of drug-likeness (QED) is 0.745. The summed E-state index contributed by atoms with van der Waals surface area (Å²) >= 11 is 0. The average molecular weight is 317 g/mol. The second kappa shape index (κ2) is 5.58. The Labute approximate surface area is 130 Å². The fraction of sp³-hybridized carbons (Fsp3) is 0.250. The van der Waals surface area contributed by atoms with Crippen molar-refractivity contribution in [3.63, 3.8) is 0 Å². The highest BCUT2D eigenvalue weighted by Gasteiger charge is 2.30. The van der Waals surface area contributed by atoms with Crippen LogP contribution in [-0.4, -0.2) is 27.6 Å². The van der Waals surface area contributed by atoms with E-state index in [9.17, 15) is 8.78 Å². The van der Waals surface area contributed by atoms with Crippen LogP contribution in [0.4, 0.5) is 8.78 Å². The summed E-state index contributed by atoms with van der Waals surface area (Å²) in [7, 11) is 0. The van der Waals surface area contributed by atoms with E-state index in [1.165, 1.54) is 6.07 Å². The molecule has 3 aromatic rings. The van der Waals surface area contributed by atoms with Gasteiger partial charge in [0.15, 0.2) is 5.65 Å². The van der Waals surface area contributed by atoms with E-state index in [4.69, 9.17) is 4.74 Å². The lowest BCUT2D eigenvalue weighted by Gasteiger charge is -2.25. The summed E-state index contributed by atoms with van der Waals surface area (Å²) in [4.78, 5) is 8.61. The van der Waals surface area contributed by atoms with E-state index in [1.807, 2.05) is 4.40 Å². The number of alkyl halides is 2. The molecule has 0 saturated carbocycles. The molecular formula is C16H13F2N3O2. The molecule has 23 heavy (non-hydrogen) atoms. The third kappa shape index (κ3) is 2.43. The molecule has 5 nitrogen and oxygen atoms in total. The Kier molecular flexibility index (Phi) is 3.42. The summed E-state index contributed by atoms with van der Waals surface area (Å²) in [6, 6.07) is 6.68. The molecule has 1 atom stereocenters.